The van der Waals surface area contributed by atoms with Gasteiger partial charge in [-0.2, -0.15) is 0 Å². The van der Waals surface area contributed by atoms with E-state index < -0.39 is 5.41 Å². The highest BCUT2D eigenvalue weighted by atomic mass is 16.2. The lowest BCUT2D eigenvalue weighted by molar-refractivity contribution is -0.133. The Bertz CT molecular complexity index is 411. The van der Waals surface area contributed by atoms with Gasteiger partial charge in [-0.1, -0.05) is 12.8 Å². The highest BCUT2D eigenvalue weighted by Gasteiger charge is 2.45. The predicted octanol–water partition coefficient (Wildman–Crippen LogP) is 0.631. The number of nitrogens with one attached hydrogen (secondary N) is 1. The molecule has 2 amide bonds. The van der Waals surface area contributed by atoms with E-state index in [-0.39, 0.29) is 17.9 Å². The van der Waals surface area contributed by atoms with Gasteiger partial charge in [-0.3, -0.25) is 9.59 Å². The SMILES string of the molecule is CC1(C(N)=O)CCN(C(=O)C2CC3CCCCC3N2)C1. The Morgan fingerprint density at radius 3 is 2.70 bits per heavy atom. The summed E-state index contributed by atoms with van der Waals surface area (Å²) in [5, 5.41) is 3.52. The van der Waals surface area contributed by atoms with Crippen LogP contribution in [0.3, 0.4) is 0 Å². The van der Waals surface area contributed by atoms with Crippen molar-refractivity contribution in [2.75, 3.05) is 13.1 Å². The number of likely N-dealkylation sites (tertiary alicyclic amines) is 1. The van der Waals surface area contributed by atoms with E-state index in [1.165, 1.54) is 25.7 Å². The molecule has 5 nitrogen and oxygen atoms in total. The monoisotopic (exact) mass is 279 g/mol. The lowest BCUT2D eigenvalue weighted by atomic mass is 9.85. The molecule has 3 N–H and O–H groups in total. The molecule has 3 rings (SSSR count). The van der Waals surface area contributed by atoms with Gasteiger partial charge in [-0.25, -0.2) is 0 Å². The Hall–Kier alpha value is -1.10. The van der Waals surface area contributed by atoms with Crippen molar-refractivity contribution in [2.45, 2.75) is 57.5 Å². The van der Waals surface area contributed by atoms with Crippen LogP contribution >= 0.6 is 0 Å². The van der Waals surface area contributed by atoms with Crippen molar-refractivity contribution in [3.05, 3.63) is 0 Å². The zero-order valence-electron chi connectivity index (χ0n) is 12.2. The summed E-state index contributed by atoms with van der Waals surface area (Å²) in [4.78, 5) is 25.9. The Kier molecular flexibility index (Phi) is 3.48. The van der Waals surface area contributed by atoms with Gasteiger partial charge < -0.3 is 16.0 Å². The molecule has 1 aliphatic carbocycles. The van der Waals surface area contributed by atoms with Crippen LogP contribution in [-0.4, -0.2) is 41.9 Å². The fraction of sp³-hybridized carbons (Fsp3) is 0.867. The molecule has 5 heteroatoms. The normalized spacial score (nSPS) is 40.6. The Balaban J connectivity index is 1.62. The van der Waals surface area contributed by atoms with Gasteiger partial charge in [0, 0.05) is 19.1 Å². The van der Waals surface area contributed by atoms with Crippen LogP contribution in [0.5, 0.6) is 0 Å². The summed E-state index contributed by atoms with van der Waals surface area (Å²) in [6.07, 6.45) is 6.68. The molecule has 4 unspecified atom stereocenters. The van der Waals surface area contributed by atoms with E-state index in [0.29, 0.717) is 31.5 Å². The standard InChI is InChI=1S/C15H25N3O2/c1-15(14(16)20)6-7-18(9-15)13(19)12-8-10-4-2-3-5-11(10)17-12/h10-12,17H,2-9H2,1H3,(H2,16,20). The van der Waals surface area contributed by atoms with Crippen LogP contribution in [0.4, 0.5) is 0 Å². The lowest BCUT2D eigenvalue weighted by Gasteiger charge is -2.24. The van der Waals surface area contributed by atoms with Gasteiger partial charge in [0.15, 0.2) is 0 Å². The number of carbonyl (C=O) groups is 2. The van der Waals surface area contributed by atoms with E-state index in [9.17, 15) is 9.59 Å². The van der Waals surface area contributed by atoms with Crippen molar-refractivity contribution in [3.63, 3.8) is 0 Å². The van der Waals surface area contributed by atoms with Gasteiger partial charge >= 0.3 is 0 Å². The minimum Gasteiger partial charge on any atom is -0.369 e. The summed E-state index contributed by atoms with van der Waals surface area (Å²) in [6.45, 7) is 3.00. The topological polar surface area (TPSA) is 75.4 Å². The van der Waals surface area contributed by atoms with Crippen molar-refractivity contribution in [1.29, 1.82) is 0 Å². The van der Waals surface area contributed by atoms with E-state index in [1.54, 1.807) is 0 Å². The highest BCUT2D eigenvalue weighted by molar-refractivity contribution is 5.86. The summed E-state index contributed by atoms with van der Waals surface area (Å²) in [5.41, 5.74) is 4.91. The van der Waals surface area contributed by atoms with Crippen LogP contribution in [0.2, 0.25) is 0 Å². The Morgan fingerprint density at radius 2 is 2.05 bits per heavy atom. The molecule has 4 atom stereocenters. The minimum atomic E-state index is -0.541. The molecule has 112 valence electrons. The fourth-order valence-electron chi connectivity index (χ4n) is 4.08. The van der Waals surface area contributed by atoms with Gasteiger partial charge in [0.2, 0.25) is 11.8 Å². The van der Waals surface area contributed by atoms with E-state index >= 15 is 0 Å². The average molecular weight is 279 g/mol. The molecule has 2 saturated heterocycles. The molecule has 2 aliphatic heterocycles. The number of nitrogens with zero attached hydrogens (tertiary/aromatic N) is 1. The van der Waals surface area contributed by atoms with Crippen molar-refractivity contribution < 1.29 is 9.59 Å². The largest absolute Gasteiger partial charge is 0.369 e. The van der Waals surface area contributed by atoms with Crippen molar-refractivity contribution in [3.8, 4) is 0 Å². The molecular weight excluding hydrogens is 254 g/mol. The van der Waals surface area contributed by atoms with Crippen LogP contribution < -0.4 is 11.1 Å². The number of hydrogen-bond donors (Lipinski definition) is 2. The molecule has 0 aromatic carbocycles. The van der Waals surface area contributed by atoms with Gasteiger partial charge in [0.1, 0.15) is 0 Å². The van der Waals surface area contributed by atoms with E-state index in [0.717, 1.165) is 6.42 Å². The van der Waals surface area contributed by atoms with Gasteiger partial charge in [-0.15, -0.1) is 0 Å². The van der Waals surface area contributed by atoms with Crippen LogP contribution in [0.1, 0.15) is 45.4 Å². The summed E-state index contributed by atoms with van der Waals surface area (Å²) in [5.74, 6) is 0.549. The second-order valence-corrected chi connectivity index (χ2v) is 7.04. The summed E-state index contributed by atoms with van der Waals surface area (Å²) >= 11 is 0. The Morgan fingerprint density at radius 1 is 1.30 bits per heavy atom. The molecule has 0 bridgehead atoms. The summed E-state index contributed by atoms with van der Waals surface area (Å²) < 4.78 is 0. The number of nitrogens with two attached hydrogens (primary N) is 1. The molecule has 0 radical (unpaired) electrons. The number of primary amides is 1. The number of rotatable bonds is 2. The molecule has 20 heavy (non-hydrogen) atoms. The fourth-order valence-corrected chi connectivity index (χ4v) is 4.08. The molecule has 3 aliphatic rings. The van der Waals surface area contributed by atoms with Gasteiger partial charge in [0.05, 0.1) is 11.5 Å². The molecule has 0 spiro atoms. The lowest BCUT2D eigenvalue weighted by Crippen LogP contribution is -2.46. The minimum absolute atomic E-state index is 0.0432. The molecule has 2 heterocycles. The summed E-state index contributed by atoms with van der Waals surface area (Å²) in [7, 11) is 0. The van der Waals surface area contributed by atoms with Gasteiger partial charge in [0.25, 0.3) is 0 Å². The zero-order chi connectivity index (χ0) is 14.3. The number of amides is 2. The second-order valence-electron chi connectivity index (χ2n) is 7.04. The number of carbonyl (C=O) groups excluding carboxylic acids is 2. The van der Waals surface area contributed by atoms with Crippen molar-refractivity contribution >= 4 is 11.8 Å². The van der Waals surface area contributed by atoms with Crippen LogP contribution in [0, 0.1) is 11.3 Å². The molecule has 0 aromatic rings. The number of fused-ring (bicyclic) bond motifs is 1. The highest BCUT2D eigenvalue weighted by Crippen LogP contribution is 2.35. The van der Waals surface area contributed by atoms with Crippen molar-refractivity contribution in [2.24, 2.45) is 17.1 Å². The third kappa shape index (κ3) is 2.32. The average Bonchev–Trinajstić information content (AvgIpc) is 3.02. The van der Waals surface area contributed by atoms with E-state index in [4.69, 9.17) is 5.73 Å². The molecule has 1 saturated carbocycles. The van der Waals surface area contributed by atoms with Crippen LogP contribution in [0.25, 0.3) is 0 Å². The Labute approximate surface area is 120 Å². The molecular formula is C15H25N3O2. The molecule has 3 fully saturated rings. The first kappa shape index (κ1) is 13.9. The smallest absolute Gasteiger partial charge is 0.239 e. The third-order valence-corrected chi connectivity index (χ3v) is 5.54. The third-order valence-electron chi connectivity index (χ3n) is 5.54. The maximum atomic E-state index is 12.6. The molecule has 0 aromatic heterocycles. The number of hydrogen-bond acceptors (Lipinski definition) is 3. The van der Waals surface area contributed by atoms with E-state index in [2.05, 4.69) is 5.32 Å². The maximum Gasteiger partial charge on any atom is 0.239 e. The van der Waals surface area contributed by atoms with Crippen LogP contribution in [-0.2, 0) is 9.59 Å². The second kappa shape index (κ2) is 5.02. The summed E-state index contributed by atoms with van der Waals surface area (Å²) in [6, 6.07) is 0.487. The first-order valence-corrected chi connectivity index (χ1v) is 7.84. The zero-order valence-corrected chi connectivity index (χ0v) is 12.2. The van der Waals surface area contributed by atoms with Crippen LogP contribution in [0.15, 0.2) is 0 Å². The van der Waals surface area contributed by atoms with E-state index in [1.807, 2.05) is 11.8 Å². The quantitative estimate of drug-likeness (QED) is 0.778. The maximum absolute atomic E-state index is 12.6. The first-order chi connectivity index (χ1) is 9.49. The first-order valence-electron chi connectivity index (χ1n) is 7.84. The van der Waals surface area contributed by atoms with Crippen molar-refractivity contribution in [1.82, 2.24) is 10.2 Å². The van der Waals surface area contributed by atoms with Gasteiger partial charge in [-0.05, 0) is 38.5 Å². The predicted molar refractivity (Wildman–Crippen MR) is 75.8 cm³/mol.